The molecule has 1 amide bonds. The van der Waals surface area contributed by atoms with Crippen molar-refractivity contribution in [1.29, 1.82) is 0 Å². The number of thiophene rings is 1. The van der Waals surface area contributed by atoms with Gasteiger partial charge in [0.25, 0.3) is 5.91 Å². The first-order chi connectivity index (χ1) is 13.4. The Morgan fingerprint density at radius 1 is 1.21 bits per heavy atom. The zero-order valence-electron chi connectivity index (χ0n) is 15.3. The third kappa shape index (κ3) is 3.27. The van der Waals surface area contributed by atoms with Gasteiger partial charge in [-0.2, -0.15) is 4.68 Å². The first kappa shape index (κ1) is 18.6. The number of hydrogen-bond donors (Lipinski definition) is 1. The van der Waals surface area contributed by atoms with E-state index in [1.54, 1.807) is 24.3 Å². The average Bonchev–Trinajstić information content (AvgIpc) is 3.36. The molecule has 11 heteroatoms. The van der Waals surface area contributed by atoms with Crippen LogP contribution in [0.3, 0.4) is 0 Å². The van der Waals surface area contributed by atoms with Crippen molar-refractivity contribution in [2.24, 2.45) is 0 Å². The van der Waals surface area contributed by atoms with Crippen molar-refractivity contribution in [3.8, 4) is 5.00 Å². The van der Waals surface area contributed by atoms with Crippen LogP contribution in [0.5, 0.6) is 0 Å². The molecule has 28 heavy (non-hydrogen) atoms. The van der Waals surface area contributed by atoms with Crippen molar-refractivity contribution in [2.45, 2.75) is 20.3 Å². The summed E-state index contributed by atoms with van der Waals surface area (Å²) >= 11 is 1.44. The van der Waals surface area contributed by atoms with Gasteiger partial charge in [0.1, 0.15) is 11.3 Å². The topological polar surface area (TPSA) is 110 Å². The number of carbonyl (C=O) groups is 1. The second-order valence-corrected chi connectivity index (χ2v) is 9.68. The largest absolute Gasteiger partial charge is 0.322 e. The van der Waals surface area contributed by atoms with Crippen LogP contribution >= 0.6 is 11.3 Å². The van der Waals surface area contributed by atoms with Crippen molar-refractivity contribution in [1.82, 2.24) is 20.2 Å². The summed E-state index contributed by atoms with van der Waals surface area (Å²) in [7, 11) is -3.23. The lowest BCUT2D eigenvalue weighted by Crippen LogP contribution is -2.25. The van der Waals surface area contributed by atoms with Crippen molar-refractivity contribution >= 4 is 38.6 Å². The molecule has 0 saturated carbocycles. The van der Waals surface area contributed by atoms with Gasteiger partial charge in [0.2, 0.25) is 10.0 Å². The Morgan fingerprint density at radius 3 is 2.57 bits per heavy atom. The van der Waals surface area contributed by atoms with Gasteiger partial charge in [-0.3, -0.25) is 9.10 Å². The van der Waals surface area contributed by atoms with Crippen molar-refractivity contribution < 1.29 is 13.2 Å². The number of benzene rings is 1. The summed E-state index contributed by atoms with van der Waals surface area (Å²) in [5.74, 6) is -0.101. The second-order valence-electron chi connectivity index (χ2n) is 6.46. The molecule has 1 aliphatic heterocycles. The van der Waals surface area contributed by atoms with Gasteiger partial charge in [-0.05, 0) is 60.5 Å². The monoisotopic (exact) mass is 418 g/mol. The van der Waals surface area contributed by atoms with E-state index in [2.05, 4.69) is 20.8 Å². The number of tetrazole rings is 1. The van der Waals surface area contributed by atoms with Gasteiger partial charge < -0.3 is 5.32 Å². The first-order valence-corrected chi connectivity index (χ1v) is 11.0. The molecular weight excluding hydrogens is 400 g/mol. The minimum absolute atomic E-state index is 0.169. The highest BCUT2D eigenvalue weighted by Gasteiger charge is 2.28. The summed E-state index contributed by atoms with van der Waals surface area (Å²) in [6, 6.07) is 6.80. The molecule has 3 aromatic rings. The van der Waals surface area contributed by atoms with Crippen LogP contribution < -0.4 is 9.62 Å². The SMILES string of the molecule is Cc1sc(-n2cnnn2)c(C(=O)Nc2ccc(N3CCCS3(=O)=O)cc2)c1C. The minimum atomic E-state index is -3.23. The maximum absolute atomic E-state index is 12.9. The number of amides is 1. The Hall–Kier alpha value is -2.79. The smallest absolute Gasteiger partial charge is 0.259 e. The standard InChI is InChI=1S/C17H18N6O3S2/c1-11-12(2)27-17(22-10-18-20-21-22)15(11)16(24)19-13-4-6-14(7-5-13)23-8-3-9-28(23,25)26/h4-7,10H,3,8-9H2,1-2H3,(H,19,24). The van der Waals surface area contributed by atoms with Gasteiger partial charge in [-0.1, -0.05) is 0 Å². The molecule has 4 rings (SSSR count). The van der Waals surface area contributed by atoms with Gasteiger partial charge in [0, 0.05) is 17.1 Å². The van der Waals surface area contributed by atoms with Gasteiger partial charge in [0.05, 0.1) is 17.0 Å². The third-order valence-electron chi connectivity index (χ3n) is 4.66. The molecule has 1 N–H and O–H groups in total. The Balaban J connectivity index is 1.58. The number of nitrogens with zero attached hydrogens (tertiary/aromatic N) is 5. The van der Waals surface area contributed by atoms with Gasteiger partial charge in [0.15, 0.2) is 0 Å². The van der Waals surface area contributed by atoms with Gasteiger partial charge >= 0.3 is 0 Å². The Morgan fingerprint density at radius 2 is 1.96 bits per heavy atom. The molecule has 146 valence electrons. The van der Waals surface area contributed by atoms with Crippen LogP contribution in [-0.4, -0.2) is 46.8 Å². The van der Waals surface area contributed by atoms with Crippen LogP contribution in [0.4, 0.5) is 11.4 Å². The van der Waals surface area contributed by atoms with E-state index in [0.29, 0.717) is 34.9 Å². The number of hydrogen-bond acceptors (Lipinski definition) is 7. The number of nitrogens with one attached hydrogen (secondary N) is 1. The molecule has 3 heterocycles. The average molecular weight is 419 g/mol. The number of aromatic nitrogens is 4. The maximum Gasteiger partial charge on any atom is 0.259 e. The zero-order chi connectivity index (χ0) is 19.9. The third-order valence-corrected chi connectivity index (χ3v) is 7.73. The number of aryl methyl sites for hydroxylation is 1. The molecule has 0 bridgehead atoms. The molecule has 9 nitrogen and oxygen atoms in total. The molecular formula is C17H18N6O3S2. The summed E-state index contributed by atoms with van der Waals surface area (Å²) in [6.07, 6.45) is 2.07. The van der Waals surface area contributed by atoms with E-state index in [1.807, 2.05) is 13.8 Å². The lowest BCUT2D eigenvalue weighted by atomic mass is 10.1. The highest BCUT2D eigenvalue weighted by Crippen LogP contribution is 2.31. The number of rotatable bonds is 4. The minimum Gasteiger partial charge on any atom is -0.322 e. The van der Waals surface area contributed by atoms with E-state index in [9.17, 15) is 13.2 Å². The molecule has 1 aliphatic rings. The maximum atomic E-state index is 12.9. The van der Waals surface area contributed by atoms with Gasteiger partial charge in [-0.15, -0.1) is 16.4 Å². The van der Waals surface area contributed by atoms with E-state index in [-0.39, 0.29) is 11.7 Å². The molecule has 0 aliphatic carbocycles. The summed E-state index contributed by atoms with van der Waals surface area (Å²) in [5, 5.41) is 14.7. The Labute approximate surface area is 166 Å². The summed E-state index contributed by atoms with van der Waals surface area (Å²) in [6.45, 7) is 4.31. The van der Waals surface area contributed by atoms with Crippen molar-refractivity contribution in [2.75, 3.05) is 21.9 Å². The molecule has 0 unspecified atom stereocenters. The molecule has 0 atom stereocenters. The van der Waals surface area contributed by atoms with E-state index in [0.717, 1.165) is 10.4 Å². The number of anilines is 2. The summed E-state index contributed by atoms with van der Waals surface area (Å²) < 4.78 is 27.0. The fourth-order valence-electron chi connectivity index (χ4n) is 3.13. The van der Waals surface area contributed by atoms with Crippen LogP contribution in [0.25, 0.3) is 5.00 Å². The summed E-state index contributed by atoms with van der Waals surface area (Å²) in [5.41, 5.74) is 2.57. The van der Waals surface area contributed by atoms with Crippen molar-refractivity contribution in [3.63, 3.8) is 0 Å². The van der Waals surface area contributed by atoms with Crippen LogP contribution in [0.2, 0.25) is 0 Å². The molecule has 2 aromatic heterocycles. The molecule has 0 spiro atoms. The van der Waals surface area contributed by atoms with E-state index in [4.69, 9.17) is 0 Å². The predicted molar refractivity (Wildman–Crippen MR) is 107 cm³/mol. The van der Waals surface area contributed by atoms with E-state index in [1.165, 1.54) is 26.7 Å². The molecule has 1 saturated heterocycles. The lowest BCUT2D eigenvalue weighted by Gasteiger charge is -2.17. The number of sulfonamides is 1. The van der Waals surface area contributed by atoms with Crippen LogP contribution in [0, 0.1) is 13.8 Å². The van der Waals surface area contributed by atoms with Crippen LogP contribution in [0.1, 0.15) is 27.2 Å². The highest BCUT2D eigenvalue weighted by atomic mass is 32.2. The normalized spacial score (nSPS) is 15.7. The summed E-state index contributed by atoms with van der Waals surface area (Å²) in [4.78, 5) is 13.9. The lowest BCUT2D eigenvalue weighted by molar-refractivity contribution is 0.102. The van der Waals surface area contributed by atoms with Gasteiger partial charge in [-0.25, -0.2) is 8.42 Å². The van der Waals surface area contributed by atoms with Crippen molar-refractivity contribution in [3.05, 3.63) is 46.6 Å². The van der Waals surface area contributed by atoms with E-state index < -0.39 is 10.0 Å². The molecule has 1 aromatic carbocycles. The molecule has 0 radical (unpaired) electrons. The van der Waals surface area contributed by atoms with Crippen LogP contribution in [-0.2, 0) is 10.0 Å². The fraction of sp³-hybridized carbons (Fsp3) is 0.294. The zero-order valence-corrected chi connectivity index (χ0v) is 16.9. The molecule has 1 fully saturated rings. The number of carbonyl (C=O) groups excluding carboxylic acids is 1. The first-order valence-electron chi connectivity index (χ1n) is 8.62. The quantitative estimate of drug-likeness (QED) is 0.695. The highest BCUT2D eigenvalue weighted by molar-refractivity contribution is 7.93. The fourth-order valence-corrected chi connectivity index (χ4v) is 5.76. The second kappa shape index (κ2) is 6.99. The Bertz CT molecular complexity index is 1120. The Kier molecular flexibility index (Phi) is 4.63. The van der Waals surface area contributed by atoms with Crippen LogP contribution in [0.15, 0.2) is 30.6 Å². The van der Waals surface area contributed by atoms with E-state index >= 15 is 0 Å². The predicted octanol–water partition coefficient (Wildman–Crippen LogP) is 2.13.